The molecule has 21 heavy (non-hydrogen) atoms. The van der Waals surface area contributed by atoms with Crippen molar-refractivity contribution in [2.75, 3.05) is 6.54 Å². The summed E-state index contributed by atoms with van der Waals surface area (Å²) < 4.78 is 6.15. The lowest BCUT2D eigenvalue weighted by molar-refractivity contribution is 0.467. The van der Waals surface area contributed by atoms with E-state index in [4.69, 9.17) is 4.74 Å². The van der Waals surface area contributed by atoms with Crippen LogP contribution in [0.15, 0.2) is 36.7 Å². The fourth-order valence-corrected chi connectivity index (χ4v) is 2.11. The summed E-state index contributed by atoms with van der Waals surface area (Å²) >= 11 is 0. The van der Waals surface area contributed by atoms with Gasteiger partial charge in [-0.3, -0.25) is 4.98 Å². The number of hydrogen-bond acceptors (Lipinski definition) is 3. The van der Waals surface area contributed by atoms with Crippen LogP contribution in [0.4, 0.5) is 0 Å². The third-order valence-electron chi connectivity index (χ3n) is 3.52. The number of aromatic nitrogens is 1. The maximum absolute atomic E-state index is 6.15. The van der Waals surface area contributed by atoms with E-state index in [1.54, 1.807) is 6.20 Å². The summed E-state index contributed by atoms with van der Waals surface area (Å²) in [5.41, 5.74) is 3.51. The molecule has 0 saturated heterocycles. The Kier molecular flexibility index (Phi) is 5.34. The Morgan fingerprint density at radius 3 is 2.71 bits per heavy atom. The fraction of sp³-hybridized carbons (Fsp3) is 0.389. The lowest BCUT2D eigenvalue weighted by Crippen LogP contribution is -2.12. The van der Waals surface area contributed by atoms with Gasteiger partial charge in [-0.2, -0.15) is 0 Å². The van der Waals surface area contributed by atoms with E-state index in [0.29, 0.717) is 5.92 Å². The molecule has 3 heteroatoms. The standard InChI is InChI=1S/C18H24N2O/c1-5-19-11-16-12-20-9-8-17(16)21-18-10-15(13(2)3)7-6-14(18)4/h6-10,12-13,19H,5,11H2,1-4H3. The lowest BCUT2D eigenvalue weighted by atomic mass is 10.0. The first-order chi connectivity index (χ1) is 10.1. The third-order valence-corrected chi connectivity index (χ3v) is 3.52. The van der Waals surface area contributed by atoms with Gasteiger partial charge in [0.2, 0.25) is 0 Å². The monoisotopic (exact) mass is 284 g/mol. The van der Waals surface area contributed by atoms with Gasteiger partial charge in [-0.25, -0.2) is 0 Å². The van der Waals surface area contributed by atoms with E-state index >= 15 is 0 Å². The topological polar surface area (TPSA) is 34.2 Å². The van der Waals surface area contributed by atoms with Crippen molar-refractivity contribution in [3.05, 3.63) is 53.3 Å². The molecule has 0 atom stereocenters. The zero-order valence-electron chi connectivity index (χ0n) is 13.3. The van der Waals surface area contributed by atoms with Gasteiger partial charge in [0, 0.05) is 24.5 Å². The molecule has 1 N–H and O–H groups in total. The summed E-state index contributed by atoms with van der Waals surface area (Å²) in [6, 6.07) is 8.35. The summed E-state index contributed by atoms with van der Waals surface area (Å²) in [5.74, 6) is 2.28. The Bertz CT molecular complexity index is 594. The Hall–Kier alpha value is -1.87. The van der Waals surface area contributed by atoms with Crippen LogP contribution in [0.25, 0.3) is 0 Å². The molecule has 1 heterocycles. The molecule has 0 spiro atoms. The molecule has 1 aromatic heterocycles. The van der Waals surface area contributed by atoms with E-state index in [1.807, 2.05) is 12.3 Å². The van der Waals surface area contributed by atoms with Crippen LogP contribution in [0.2, 0.25) is 0 Å². The molecule has 2 aromatic rings. The van der Waals surface area contributed by atoms with Crippen LogP contribution in [0.5, 0.6) is 11.5 Å². The Balaban J connectivity index is 2.27. The molecule has 0 aliphatic rings. The number of ether oxygens (including phenoxy) is 1. The van der Waals surface area contributed by atoms with Gasteiger partial charge in [-0.15, -0.1) is 0 Å². The highest BCUT2D eigenvalue weighted by atomic mass is 16.5. The van der Waals surface area contributed by atoms with Crippen molar-refractivity contribution in [3.63, 3.8) is 0 Å². The van der Waals surface area contributed by atoms with Crippen molar-refractivity contribution in [2.24, 2.45) is 0 Å². The van der Waals surface area contributed by atoms with E-state index in [-0.39, 0.29) is 0 Å². The molecule has 0 amide bonds. The number of rotatable bonds is 6. The summed E-state index contributed by atoms with van der Waals surface area (Å²) in [4.78, 5) is 4.19. The smallest absolute Gasteiger partial charge is 0.135 e. The number of hydrogen-bond donors (Lipinski definition) is 1. The van der Waals surface area contributed by atoms with Gasteiger partial charge in [0.25, 0.3) is 0 Å². The minimum Gasteiger partial charge on any atom is -0.457 e. The number of pyridine rings is 1. The minimum atomic E-state index is 0.492. The average molecular weight is 284 g/mol. The summed E-state index contributed by atoms with van der Waals surface area (Å²) in [7, 11) is 0. The molecule has 1 aromatic carbocycles. The molecule has 0 aliphatic heterocycles. The van der Waals surface area contributed by atoms with Crippen LogP contribution >= 0.6 is 0 Å². The van der Waals surface area contributed by atoms with Gasteiger partial charge < -0.3 is 10.1 Å². The minimum absolute atomic E-state index is 0.492. The van der Waals surface area contributed by atoms with Crippen LogP contribution in [-0.2, 0) is 6.54 Å². The Morgan fingerprint density at radius 1 is 1.19 bits per heavy atom. The number of nitrogens with zero attached hydrogens (tertiary/aromatic N) is 1. The molecule has 0 fully saturated rings. The third kappa shape index (κ3) is 4.05. The quantitative estimate of drug-likeness (QED) is 0.853. The average Bonchev–Trinajstić information content (AvgIpc) is 2.48. The Morgan fingerprint density at radius 2 is 2.00 bits per heavy atom. The maximum atomic E-state index is 6.15. The molecular formula is C18H24N2O. The van der Waals surface area contributed by atoms with Crippen LogP contribution < -0.4 is 10.1 Å². The van der Waals surface area contributed by atoms with Crippen molar-refractivity contribution in [2.45, 2.75) is 40.2 Å². The van der Waals surface area contributed by atoms with Crippen molar-refractivity contribution in [1.29, 1.82) is 0 Å². The second-order valence-electron chi connectivity index (χ2n) is 5.55. The summed E-state index contributed by atoms with van der Waals surface area (Å²) in [6.07, 6.45) is 3.63. The van der Waals surface area contributed by atoms with Crippen LogP contribution in [0.1, 0.15) is 43.4 Å². The molecule has 0 bridgehead atoms. The predicted octanol–water partition coefficient (Wildman–Crippen LogP) is 4.42. The normalized spacial score (nSPS) is 10.9. The van der Waals surface area contributed by atoms with Crippen molar-refractivity contribution in [3.8, 4) is 11.5 Å². The molecule has 0 unspecified atom stereocenters. The lowest BCUT2D eigenvalue weighted by Gasteiger charge is -2.15. The van der Waals surface area contributed by atoms with E-state index in [9.17, 15) is 0 Å². The number of benzene rings is 1. The van der Waals surface area contributed by atoms with E-state index < -0.39 is 0 Å². The molecule has 112 valence electrons. The second-order valence-corrected chi connectivity index (χ2v) is 5.55. The van der Waals surface area contributed by atoms with E-state index in [2.05, 4.69) is 56.2 Å². The summed E-state index contributed by atoms with van der Waals surface area (Å²) in [5, 5.41) is 3.31. The van der Waals surface area contributed by atoms with Crippen LogP contribution in [-0.4, -0.2) is 11.5 Å². The fourth-order valence-electron chi connectivity index (χ4n) is 2.11. The van der Waals surface area contributed by atoms with Gasteiger partial charge in [0.1, 0.15) is 11.5 Å². The van der Waals surface area contributed by atoms with Gasteiger partial charge >= 0.3 is 0 Å². The molecule has 0 radical (unpaired) electrons. The highest BCUT2D eigenvalue weighted by molar-refractivity contribution is 5.42. The van der Waals surface area contributed by atoms with E-state index in [0.717, 1.165) is 35.7 Å². The maximum Gasteiger partial charge on any atom is 0.135 e. The molecule has 0 saturated carbocycles. The summed E-state index contributed by atoms with van der Waals surface area (Å²) in [6.45, 7) is 10.2. The Labute approximate surface area is 127 Å². The zero-order valence-corrected chi connectivity index (χ0v) is 13.3. The highest BCUT2D eigenvalue weighted by Gasteiger charge is 2.09. The first kappa shape index (κ1) is 15.5. The molecule has 0 aliphatic carbocycles. The number of aryl methyl sites for hydroxylation is 1. The van der Waals surface area contributed by atoms with Crippen molar-refractivity contribution in [1.82, 2.24) is 10.3 Å². The van der Waals surface area contributed by atoms with Crippen LogP contribution in [0, 0.1) is 6.92 Å². The second kappa shape index (κ2) is 7.23. The SMILES string of the molecule is CCNCc1cnccc1Oc1cc(C(C)C)ccc1C. The highest BCUT2D eigenvalue weighted by Crippen LogP contribution is 2.30. The van der Waals surface area contributed by atoms with Crippen molar-refractivity contribution < 1.29 is 4.74 Å². The van der Waals surface area contributed by atoms with Crippen LogP contribution in [0.3, 0.4) is 0 Å². The largest absolute Gasteiger partial charge is 0.457 e. The number of nitrogens with one attached hydrogen (secondary N) is 1. The zero-order chi connectivity index (χ0) is 15.2. The first-order valence-corrected chi connectivity index (χ1v) is 7.53. The van der Waals surface area contributed by atoms with Gasteiger partial charge in [0.05, 0.1) is 0 Å². The molecule has 2 rings (SSSR count). The van der Waals surface area contributed by atoms with Crippen molar-refractivity contribution >= 4 is 0 Å². The molecular weight excluding hydrogens is 260 g/mol. The van der Waals surface area contributed by atoms with Gasteiger partial charge in [-0.1, -0.05) is 32.9 Å². The predicted molar refractivity (Wildman–Crippen MR) is 87.0 cm³/mol. The van der Waals surface area contributed by atoms with E-state index in [1.165, 1.54) is 5.56 Å². The van der Waals surface area contributed by atoms with Gasteiger partial charge in [0.15, 0.2) is 0 Å². The molecule has 3 nitrogen and oxygen atoms in total. The van der Waals surface area contributed by atoms with Gasteiger partial charge in [-0.05, 0) is 42.6 Å². The first-order valence-electron chi connectivity index (χ1n) is 7.53.